The number of amides is 1. The van der Waals surface area contributed by atoms with E-state index in [1.807, 2.05) is 48.5 Å². The van der Waals surface area contributed by atoms with Crippen LogP contribution in [0.2, 0.25) is 0 Å². The van der Waals surface area contributed by atoms with Crippen molar-refractivity contribution in [2.24, 2.45) is 0 Å². The largest absolute Gasteiger partial charge is 0.378 e. The minimum atomic E-state index is -0.185. The van der Waals surface area contributed by atoms with Crippen LogP contribution in [0.25, 0.3) is 11.1 Å². The number of nitrogens with one attached hydrogen (secondary N) is 1. The van der Waals surface area contributed by atoms with Crippen molar-refractivity contribution in [1.29, 1.82) is 5.26 Å². The van der Waals surface area contributed by atoms with Gasteiger partial charge in [-0.05, 0) is 23.8 Å². The number of carbonyl (C=O) groups is 1. The fourth-order valence-corrected chi connectivity index (χ4v) is 3.63. The molecule has 4 rings (SSSR count). The average Bonchev–Trinajstić information content (AvgIpc) is 2.83. The Balaban J connectivity index is 1.56. The van der Waals surface area contributed by atoms with E-state index in [-0.39, 0.29) is 5.91 Å². The molecule has 0 saturated carbocycles. The third-order valence-corrected chi connectivity index (χ3v) is 5.13. The minimum Gasteiger partial charge on any atom is -0.378 e. The van der Waals surface area contributed by atoms with E-state index in [4.69, 9.17) is 4.74 Å². The molecule has 0 bridgehead atoms. The second-order valence-electron chi connectivity index (χ2n) is 6.97. The monoisotopic (exact) mass is 398 g/mol. The van der Waals surface area contributed by atoms with Gasteiger partial charge in [-0.1, -0.05) is 42.5 Å². The fourth-order valence-electron chi connectivity index (χ4n) is 3.63. The minimum absolute atomic E-state index is 0.185. The lowest BCUT2D eigenvalue weighted by Gasteiger charge is -2.29. The molecular weight excluding hydrogens is 376 g/mol. The van der Waals surface area contributed by atoms with E-state index >= 15 is 0 Å². The van der Waals surface area contributed by atoms with Crippen LogP contribution in [-0.2, 0) is 11.3 Å². The SMILES string of the molecule is N#Cc1ccccc1-c1ccccc1C(=O)NCc1cccnc1N1CCOCC1. The molecule has 0 aliphatic carbocycles. The molecule has 30 heavy (non-hydrogen) atoms. The summed E-state index contributed by atoms with van der Waals surface area (Å²) in [4.78, 5) is 19.8. The summed E-state index contributed by atoms with van der Waals surface area (Å²) in [5, 5.41) is 12.5. The van der Waals surface area contributed by atoms with Crippen LogP contribution >= 0.6 is 0 Å². The van der Waals surface area contributed by atoms with Gasteiger partial charge in [-0.3, -0.25) is 4.79 Å². The molecule has 1 fully saturated rings. The second kappa shape index (κ2) is 9.21. The summed E-state index contributed by atoms with van der Waals surface area (Å²) in [6.45, 7) is 3.28. The highest BCUT2D eigenvalue weighted by molar-refractivity contribution is 6.01. The van der Waals surface area contributed by atoms with Crippen molar-refractivity contribution in [2.75, 3.05) is 31.2 Å². The molecule has 1 saturated heterocycles. The third-order valence-electron chi connectivity index (χ3n) is 5.13. The molecule has 1 aliphatic heterocycles. The smallest absolute Gasteiger partial charge is 0.252 e. The van der Waals surface area contributed by atoms with Crippen LogP contribution in [0.4, 0.5) is 5.82 Å². The van der Waals surface area contributed by atoms with Crippen LogP contribution in [-0.4, -0.2) is 37.2 Å². The number of hydrogen-bond donors (Lipinski definition) is 1. The van der Waals surface area contributed by atoms with Crippen molar-refractivity contribution in [2.45, 2.75) is 6.54 Å². The first-order valence-corrected chi connectivity index (χ1v) is 9.91. The summed E-state index contributed by atoms with van der Waals surface area (Å²) in [6.07, 6.45) is 1.77. The van der Waals surface area contributed by atoms with Crippen molar-refractivity contribution < 1.29 is 9.53 Å². The van der Waals surface area contributed by atoms with Crippen LogP contribution in [0, 0.1) is 11.3 Å². The third kappa shape index (κ3) is 4.17. The molecule has 6 nitrogen and oxygen atoms in total. The molecule has 1 aromatic heterocycles. The van der Waals surface area contributed by atoms with Crippen molar-refractivity contribution in [3.63, 3.8) is 0 Å². The van der Waals surface area contributed by atoms with E-state index in [0.717, 1.165) is 35.6 Å². The normalized spacial score (nSPS) is 13.5. The van der Waals surface area contributed by atoms with Crippen molar-refractivity contribution in [3.8, 4) is 17.2 Å². The van der Waals surface area contributed by atoms with E-state index in [9.17, 15) is 10.1 Å². The molecule has 1 N–H and O–H groups in total. The number of ether oxygens (including phenoxy) is 1. The number of aromatic nitrogens is 1. The number of nitriles is 1. The number of pyridine rings is 1. The molecule has 150 valence electrons. The summed E-state index contributed by atoms with van der Waals surface area (Å²) in [7, 11) is 0. The molecule has 0 atom stereocenters. The van der Waals surface area contributed by atoms with Gasteiger partial charge in [-0.25, -0.2) is 4.98 Å². The molecule has 3 aromatic rings. The van der Waals surface area contributed by atoms with Crippen molar-refractivity contribution in [3.05, 3.63) is 83.6 Å². The zero-order valence-electron chi connectivity index (χ0n) is 16.5. The van der Waals surface area contributed by atoms with Gasteiger partial charge in [0.15, 0.2) is 0 Å². The highest BCUT2D eigenvalue weighted by Crippen LogP contribution is 2.27. The maximum atomic E-state index is 13.1. The first-order chi connectivity index (χ1) is 14.8. The van der Waals surface area contributed by atoms with E-state index in [0.29, 0.717) is 30.9 Å². The Morgan fingerprint density at radius 2 is 1.77 bits per heavy atom. The maximum Gasteiger partial charge on any atom is 0.252 e. The molecule has 0 radical (unpaired) electrons. The Morgan fingerprint density at radius 1 is 1.03 bits per heavy atom. The first-order valence-electron chi connectivity index (χ1n) is 9.91. The highest BCUT2D eigenvalue weighted by Gasteiger charge is 2.18. The maximum absolute atomic E-state index is 13.1. The average molecular weight is 398 g/mol. The summed E-state index contributed by atoms with van der Waals surface area (Å²) in [5.74, 6) is 0.694. The van der Waals surface area contributed by atoms with Gasteiger partial charge >= 0.3 is 0 Å². The number of rotatable bonds is 5. The molecule has 6 heteroatoms. The van der Waals surface area contributed by atoms with Crippen LogP contribution in [0.3, 0.4) is 0 Å². The van der Waals surface area contributed by atoms with Crippen LogP contribution in [0.1, 0.15) is 21.5 Å². The van der Waals surface area contributed by atoms with Gasteiger partial charge in [-0.15, -0.1) is 0 Å². The van der Waals surface area contributed by atoms with Crippen LogP contribution in [0.15, 0.2) is 66.9 Å². The van der Waals surface area contributed by atoms with Gasteiger partial charge in [-0.2, -0.15) is 5.26 Å². The number of morpholine rings is 1. The van der Waals surface area contributed by atoms with Gasteiger partial charge in [0.2, 0.25) is 0 Å². The standard InChI is InChI=1S/C24H22N4O2/c25-16-18-6-1-2-8-20(18)21-9-3-4-10-22(21)24(29)27-17-19-7-5-11-26-23(19)28-12-14-30-15-13-28/h1-11H,12-15,17H2,(H,27,29). The van der Waals surface area contributed by atoms with Gasteiger partial charge in [0.25, 0.3) is 5.91 Å². The molecule has 0 spiro atoms. The number of hydrogen-bond acceptors (Lipinski definition) is 5. The van der Waals surface area contributed by atoms with Gasteiger partial charge < -0.3 is 15.0 Å². The number of benzene rings is 2. The molecule has 1 amide bonds. The second-order valence-corrected chi connectivity index (χ2v) is 6.97. The lowest BCUT2D eigenvalue weighted by molar-refractivity contribution is 0.0951. The Hall–Kier alpha value is -3.69. The Kier molecular flexibility index (Phi) is 6.02. The molecule has 2 aromatic carbocycles. The molecule has 1 aliphatic rings. The molecule has 0 unspecified atom stereocenters. The van der Waals surface area contributed by atoms with Crippen LogP contribution < -0.4 is 10.2 Å². The number of carbonyl (C=O) groups excluding carboxylic acids is 1. The predicted octanol–water partition coefficient (Wildman–Crippen LogP) is 3.39. The fraction of sp³-hybridized carbons (Fsp3) is 0.208. The quantitative estimate of drug-likeness (QED) is 0.713. The van der Waals surface area contributed by atoms with E-state index in [1.165, 1.54) is 0 Å². The summed E-state index contributed by atoms with van der Waals surface area (Å²) >= 11 is 0. The lowest BCUT2D eigenvalue weighted by Crippen LogP contribution is -2.37. The number of anilines is 1. The zero-order valence-corrected chi connectivity index (χ0v) is 16.5. The summed E-state index contributed by atoms with van der Waals surface area (Å²) in [5.41, 5.74) is 3.53. The van der Waals surface area contributed by atoms with Gasteiger partial charge in [0.05, 0.1) is 24.8 Å². The highest BCUT2D eigenvalue weighted by atomic mass is 16.5. The Labute approximate surface area is 175 Å². The van der Waals surface area contributed by atoms with Crippen molar-refractivity contribution in [1.82, 2.24) is 10.3 Å². The Morgan fingerprint density at radius 3 is 2.57 bits per heavy atom. The van der Waals surface area contributed by atoms with Crippen LogP contribution in [0.5, 0.6) is 0 Å². The first kappa shape index (κ1) is 19.6. The van der Waals surface area contributed by atoms with E-state index in [2.05, 4.69) is 21.3 Å². The van der Waals surface area contributed by atoms with Gasteiger partial charge in [0, 0.05) is 42.5 Å². The summed E-state index contributed by atoms with van der Waals surface area (Å²) < 4.78 is 5.43. The molecular formula is C24H22N4O2. The predicted molar refractivity (Wildman–Crippen MR) is 115 cm³/mol. The Bertz CT molecular complexity index is 1080. The van der Waals surface area contributed by atoms with Gasteiger partial charge in [0.1, 0.15) is 5.82 Å². The van der Waals surface area contributed by atoms with Crippen molar-refractivity contribution >= 4 is 11.7 Å². The zero-order chi connectivity index (χ0) is 20.8. The number of nitrogens with zero attached hydrogens (tertiary/aromatic N) is 3. The topological polar surface area (TPSA) is 78.2 Å². The lowest BCUT2D eigenvalue weighted by atomic mass is 9.95. The van der Waals surface area contributed by atoms with E-state index in [1.54, 1.807) is 18.3 Å². The van der Waals surface area contributed by atoms with E-state index < -0.39 is 0 Å². The summed E-state index contributed by atoms with van der Waals surface area (Å²) in [6, 6.07) is 20.7. The molecule has 2 heterocycles.